The quantitative estimate of drug-likeness (QED) is 0.870. The second-order valence-corrected chi connectivity index (χ2v) is 6.61. The largest absolute Gasteiger partial charge is 0.372 e. The summed E-state index contributed by atoms with van der Waals surface area (Å²) in [5.41, 5.74) is 1.96. The lowest BCUT2D eigenvalue weighted by molar-refractivity contribution is -0.00539. The summed E-state index contributed by atoms with van der Waals surface area (Å²) in [6.07, 6.45) is 0.0774. The number of hydrogen-bond acceptors (Lipinski definition) is 5. The number of nitrogens with one attached hydrogen (secondary N) is 2. The molecule has 3 rings (SSSR count). The minimum Gasteiger partial charge on any atom is -0.372 e. The molecule has 2 amide bonds. The summed E-state index contributed by atoms with van der Waals surface area (Å²) in [6.45, 7) is 8.62. The number of hydrogen-bond donors (Lipinski definition) is 2. The summed E-state index contributed by atoms with van der Waals surface area (Å²) in [7, 11) is 0. The Labute approximate surface area is 151 Å². The molecule has 26 heavy (non-hydrogen) atoms. The molecule has 1 aliphatic rings. The van der Waals surface area contributed by atoms with Gasteiger partial charge in [-0.2, -0.15) is 0 Å². The lowest BCUT2D eigenvalue weighted by Gasteiger charge is -2.37. The Morgan fingerprint density at radius 3 is 2.50 bits per heavy atom. The van der Waals surface area contributed by atoms with Gasteiger partial charge in [0.15, 0.2) is 5.76 Å². The van der Waals surface area contributed by atoms with E-state index in [9.17, 15) is 9.18 Å². The van der Waals surface area contributed by atoms with Gasteiger partial charge in [-0.05, 0) is 45.9 Å². The van der Waals surface area contributed by atoms with Gasteiger partial charge in [0.1, 0.15) is 17.2 Å². The molecule has 8 heteroatoms. The van der Waals surface area contributed by atoms with Crippen molar-refractivity contribution in [1.82, 2.24) is 5.16 Å². The molecule has 1 aliphatic heterocycles. The normalized spacial score (nSPS) is 20.1. The van der Waals surface area contributed by atoms with Gasteiger partial charge in [-0.25, -0.2) is 9.18 Å². The van der Waals surface area contributed by atoms with Gasteiger partial charge in [-0.1, -0.05) is 5.16 Å². The van der Waals surface area contributed by atoms with Crippen molar-refractivity contribution in [3.8, 4) is 0 Å². The molecule has 2 atom stereocenters. The van der Waals surface area contributed by atoms with E-state index in [0.717, 1.165) is 0 Å². The molecule has 2 aromatic rings. The summed E-state index contributed by atoms with van der Waals surface area (Å²) in [5, 5.41) is 9.05. The molecule has 2 N–H and O–H groups in total. The molecule has 0 radical (unpaired) electrons. The van der Waals surface area contributed by atoms with E-state index in [4.69, 9.17) is 9.26 Å². The molecule has 140 valence electrons. The molecule has 0 saturated carbocycles. The summed E-state index contributed by atoms with van der Waals surface area (Å²) in [4.78, 5) is 14.1. The predicted octanol–water partition coefficient (Wildman–Crippen LogP) is 3.69. The molecule has 0 unspecified atom stereocenters. The zero-order valence-corrected chi connectivity index (χ0v) is 15.3. The van der Waals surface area contributed by atoms with E-state index in [0.29, 0.717) is 41.6 Å². The zero-order valence-electron chi connectivity index (χ0n) is 15.3. The topological polar surface area (TPSA) is 79.6 Å². The Kier molecular flexibility index (Phi) is 5.13. The van der Waals surface area contributed by atoms with Crippen molar-refractivity contribution in [3.05, 3.63) is 35.5 Å². The molecule has 1 fully saturated rings. The summed E-state index contributed by atoms with van der Waals surface area (Å²) in [6, 6.07) is 4.18. The maximum absolute atomic E-state index is 14.6. The van der Waals surface area contributed by atoms with E-state index in [-0.39, 0.29) is 18.0 Å². The fraction of sp³-hybridized carbons (Fsp3) is 0.444. The van der Waals surface area contributed by atoms with Crippen LogP contribution in [0.3, 0.4) is 0 Å². The van der Waals surface area contributed by atoms with Crippen molar-refractivity contribution < 1.29 is 18.4 Å². The van der Waals surface area contributed by atoms with Crippen LogP contribution in [-0.4, -0.2) is 36.5 Å². The monoisotopic (exact) mass is 362 g/mol. The minimum absolute atomic E-state index is 0.0387. The number of anilines is 3. The predicted molar refractivity (Wildman–Crippen MR) is 97.2 cm³/mol. The molecule has 0 bridgehead atoms. The van der Waals surface area contributed by atoms with Crippen molar-refractivity contribution >= 4 is 23.1 Å². The summed E-state index contributed by atoms with van der Waals surface area (Å²) < 4.78 is 25.2. The molecule has 0 aliphatic carbocycles. The van der Waals surface area contributed by atoms with E-state index >= 15 is 0 Å². The van der Waals surface area contributed by atoms with E-state index in [1.807, 2.05) is 18.7 Å². The van der Waals surface area contributed by atoms with Crippen molar-refractivity contribution in [2.45, 2.75) is 39.9 Å². The Balaban J connectivity index is 1.68. The van der Waals surface area contributed by atoms with Gasteiger partial charge in [-0.15, -0.1) is 0 Å². The van der Waals surface area contributed by atoms with Crippen LogP contribution in [0.5, 0.6) is 0 Å². The molecule has 7 nitrogen and oxygen atoms in total. The van der Waals surface area contributed by atoms with Crippen LogP contribution in [-0.2, 0) is 4.74 Å². The van der Waals surface area contributed by atoms with Crippen molar-refractivity contribution in [3.63, 3.8) is 0 Å². The number of carbonyl (C=O) groups is 1. The number of aryl methyl sites for hydroxylation is 2. The number of morpholine rings is 1. The smallest absolute Gasteiger partial charge is 0.323 e. The third-order valence-electron chi connectivity index (χ3n) is 4.24. The first kappa shape index (κ1) is 18.2. The first-order valence-corrected chi connectivity index (χ1v) is 8.54. The third-order valence-corrected chi connectivity index (χ3v) is 4.24. The van der Waals surface area contributed by atoms with Crippen molar-refractivity contribution in [2.75, 3.05) is 28.6 Å². The average Bonchev–Trinajstić information content (AvgIpc) is 2.86. The molecule has 0 spiro atoms. The number of benzene rings is 1. The Bertz CT molecular complexity index is 778. The highest BCUT2D eigenvalue weighted by atomic mass is 19.1. The van der Waals surface area contributed by atoms with E-state index in [2.05, 4.69) is 15.8 Å². The van der Waals surface area contributed by atoms with Gasteiger partial charge in [0.25, 0.3) is 0 Å². The molecular formula is C18H23FN4O3. The number of nitrogens with zero attached hydrogens (tertiary/aromatic N) is 2. The third kappa shape index (κ3) is 3.96. The van der Waals surface area contributed by atoms with E-state index in [1.165, 1.54) is 6.07 Å². The molecule has 1 aromatic heterocycles. The van der Waals surface area contributed by atoms with Crippen LogP contribution in [0, 0.1) is 19.7 Å². The zero-order chi connectivity index (χ0) is 18.8. The highest BCUT2D eigenvalue weighted by Gasteiger charge is 2.24. The van der Waals surface area contributed by atoms with Crippen LogP contribution in [0.2, 0.25) is 0 Å². The van der Waals surface area contributed by atoms with Crippen LogP contribution in [0.4, 0.5) is 26.2 Å². The van der Waals surface area contributed by atoms with Crippen LogP contribution >= 0.6 is 0 Å². The van der Waals surface area contributed by atoms with Gasteiger partial charge >= 0.3 is 6.03 Å². The second-order valence-electron chi connectivity index (χ2n) is 6.61. The fourth-order valence-electron chi connectivity index (χ4n) is 3.15. The van der Waals surface area contributed by atoms with Gasteiger partial charge in [0.2, 0.25) is 0 Å². The SMILES string of the molecule is Cc1noc(C)c1NC(=O)Nc1ccc(N2C[C@@H](C)O[C@H](C)C2)c(F)c1. The molecule has 2 heterocycles. The number of aromatic nitrogens is 1. The number of halogens is 1. The molecule has 1 saturated heterocycles. The standard InChI is InChI=1S/C18H23FN4O3/c1-10-8-23(9-11(2)25-10)16-6-5-14(7-15(16)19)20-18(24)21-17-12(3)22-26-13(17)4/h5-7,10-11H,8-9H2,1-4H3,(H2,20,21,24)/t10-,11-/m1/s1. The second kappa shape index (κ2) is 7.33. The fourth-order valence-corrected chi connectivity index (χ4v) is 3.15. The Morgan fingerprint density at radius 2 is 1.92 bits per heavy atom. The Morgan fingerprint density at radius 1 is 1.23 bits per heavy atom. The first-order valence-electron chi connectivity index (χ1n) is 8.54. The van der Waals surface area contributed by atoms with Crippen LogP contribution in [0.25, 0.3) is 0 Å². The van der Waals surface area contributed by atoms with Gasteiger partial charge in [-0.3, -0.25) is 0 Å². The lowest BCUT2D eigenvalue weighted by Crippen LogP contribution is -2.45. The first-order chi connectivity index (χ1) is 12.3. The van der Waals surface area contributed by atoms with Crippen molar-refractivity contribution in [1.29, 1.82) is 0 Å². The van der Waals surface area contributed by atoms with Crippen LogP contribution in [0.15, 0.2) is 22.7 Å². The lowest BCUT2D eigenvalue weighted by atomic mass is 10.2. The molecular weight excluding hydrogens is 339 g/mol. The maximum Gasteiger partial charge on any atom is 0.323 e. The van der Waals surface area contributed by atoms with Crippen molar-refractivity contribution in [2.24, 2.45) is 0 Å². The highest BCUT2D eigenvalue weighted by Crippen LogP contribution is 2.26. The minimum atomic E-state index is -0.486. The average molecular weight is 362 g/mol. The van der Waals surface area contributed by atoms with Gasteiger partial charge in [0, 0.05) is 18.8 Å². The molecule has 1 aromatic carbocycles. The van der Waals surface area contributed by atoms with Crippen LogP contribution in [0.1, 0.15) is 25.3 Å². The van der Waals surface area contributed by atoms with E-state index < -0.39 is 6.03 Å². The summed E-state index contributed by atoms with van der Waals surface area (Å²) >= 11 is 0. The van der Waals surface area contributed by atoms with Gasteiger partial charge < -0.3 is 24.8 Å². The number of carbonyl (C=O) groups excluding carboxylic acids is 1. The maximum atomic E-state index is 14.6. The number of amides is 2. The van der Waals surface area contributed by atoms with Crippen LogP contribution < -0.4 is 15.5 Å². The number of rotatable bonds is 3. The number of ether oxygens (including phenoxy) is 1. The number of urea groups is 1. The summed E-state index contributed by atoms with van der Waals surface area (Å²) in [5.74, 6) is 0.121. The van der Waals surface area contributed by atoms with Gasteiger partial charge in [0.05, 0.1) is 17.9 Å². The van der Waals surface area contributed by atoms with E-state index in [1.54, 1.807) is 26.0 Å². The highest BCUT2D eigenvalue weighted by molar-refractivity contribution is 6.00. The Hall–Kier alpha value is -2.61.